The molecule has 2 aromatic carbocycles. The molecule has 6 heteroatoms. The molecule has 0 radical (unpaired) electrons. The molecular weight excluding hydrogens is 412 g/mol. The number of carbonyl (C=O) groups excluding carboxylic acids is 1. The maximum absolute atomic E-state index is 12.5. The first-order valence-electron chi connectivity index (χ1n) is 12.1. The predicted octanol–water partition coefficient (Wildman–Crippen LogP) is 4.34. The molecule has 180 valence electrons. The van der Waals surface area contributed by atoms with Crippen LogP contribution < -0.4 is 10.6 Å². The fourth-order valence-electron chi connectivity index (χ4n) is 4.39. The van der Waals surface area contributed by atoms with Crippen molar-refractivity contribution in [1.29, 1.82) is 0 Å². The van der Waals surface area contributed by atoms with E-state index in [1.807, 2.05) is 6.07 Å². The highest BCUT2D eigenvalue weighted by atomic mass is 16.3. The Hall–Kier alpha value is -2.41. The van der Waals surface area contributed by atoms with Gasteiger partial charge in [-0.3, -0.25) is 4.79 Å². The topological polar surface area (TPSA) is 69.5 Å². The van der Waals surface area contributed by atoms with Gasteiger partial charge in [0.2, 0.25) is 5.91 Å². The van der Waals surface area contributed by atoms with E-state index in [2.05, 4.69) is 92.0 Å². The van der Waals surface area contributed by atoms with E-state index >= 15 is 0 Å². The largest absolute Gasteiger partial charge is 0.390 e. The molecule has 3 aromatic rings. The molecule has 1 amide bonds. The second-order valence-corrected chi connectivity index (χ2v) is 9.78. The average Bonchev–Trinajstić information content (AvgIpc) is 3.09. The number of anilines is 1. The standard InChI is InChI=1S/C27H40N4O2/c1-7-30(8-2)18-21(32)16-28-17-26(33)29-20-11-13-25-23(15-20)22-14-19(27(4,5)6)10-12-24(22)31(25)9-3/h10-15,21,28,32H,7-9,16-18H2,1-6H3,(H,29,33). The molecule has 0 saturated heterocycles. The van der Waals surface area contributed by atoms with Crippen molar-refractivity contribution in [3.8, 4) is 0 Å². The van der Waals surface area contributed by atoms with Crippen LogP contribution in [0.15, 0.2) is 36.4 Å². The number of carbonyl (C=O) groups is 1. The van der Waals surface area contributed by atoms with Crippen LogP contribution in [0, 0.1) is 0 Å². The lowest BCUT2D eigenvalue weighted by Gasteiger charge is -2.21. The molecule has 1 aromatic heterocycles. The molecule has 1 atom stereocenters. The van der Waals surface area contributed by atoms with Crippen LogP contribution >= 0.6 is 0 Å². The van der Waals surface area contributed by atoms with Crippen LogP contribution in [0.5, 0.6) is 0 Å². The van der Waals surface area contributed by atoms with Crippen LogP contribution in [-0.4, -0.2) is 59.3 Å². The number of rotatable bonds is 10. The van der Waals surface area contributed by atoms with E-state index in [9.17, 15) is 9.90 Å². The molecule has 6 nitrogen and oxygen atoms in total. The highest BCUT2D eigenvalue weighted by molar-refractivity contribution is 6.10. The van der Waals surface area contributed by atoms with Crippen LogP contribution in [-0.2, 0) is 16.8 Å². The highest BCUT2D eigenvalue weighted by Crippen LogP contribution is 2.34. The fourth-order valence-corrected chi connectivity index (χ4v) is 4.39. The molecule has 0 aliphatic heterocycles. The van der Waals surface area contributed by atoms with E-state index in [-0.39, 0.29) is 17.9 Å². The normalized spacial score (nSPS) is 13.2. The summed E-state index contributed by atoms with van der Waals surface area (Å²) in [7, 11) is 0. The molecule has 3 rings (SSSR count). The highest BCUT2D eigenvalue weighted by Gasteiger charge is 2.17. The number of likely N-dealkylation sites (N-methyl/N-ethyl adjacent to an activating group) is 1. The van der Waals surface area contributed by atoms with Crippen molar-refractivity contribution in [1.82, 2.24) is 14.8 Å². The lowest BCUT2D eigenvalue weighted by atomic mass is 9.86. The van der Waals surface area contributed by atoms with Gasteiger partial charge >= 0.3 is 0 Å². The Morgan fingerprint density at radius 3 is 2.27 bits per heavy atom. The minimum absolute atomic E-state index is 0.0716. The van der Waals surface area contributed by atoms with Gasteiger partial charge < -0.3 is 25.2 Å². The van der Waals surface area contributed by atoms with Crippen molar-refractivity contribution in [2.75, 3.05) is 38.0 Å². The van der Waals surface area contributed by atoms with Crippen LogP contribution in [0.2, 0.25) is 0 Å². The molecule has 1 heterocycles. The fraction of sp³-hybridized carbons (Fsp3) is 0.519. The Kier molecular flexibility index (Phi) is 8.16. The maximum atomic E-state index is 12.5. The Balaban J connectivity index is 1.73. The van der Waals surface area contributed by atoms with E-state index < -0.39 is 6.10 Å². The van der Waals surface area contributed by atoms with Crippen LogP contribution in [0.1, 0.15) is 47.1 Å². The molecule has 0 fully saturated rings. The summed E-state index contributed by atoms with van der Waals surface area (Å²) in [6, 6.07) is 12.8. The van der Waals surface area contributed by atoms with Gasteiger partial charge in [-0.05, 0) is 61.3 Å². The van der Waals surface area contributed by atoms with Gasteiger partial charge in [-0.2, -0.15) is 0 Å². The van der Waals surface area contributed by atoms with Crippen LogP contribution in [0.4, 0.5) is 5.69 Å². The van der Waals surface area contributed by atoms with Crippen molar-refractivity contribution in [3.63, 3.8) is 0 Å². The molecule has 0 spiro atoms. The molecule has 33 heavy (non-hydrogen) atoms. The number of aliphatic hydroxyl groups excluding tert-OH is 1. The molecule has 0 bridgehead atoms. The Morgan fingerprint density at radius 2 is 1.67 bits per heavy atom. The number of nitrogens with zero attached hydrogens (tertiary/aromatic N) is 2. The summed E-state index contributed by atoms with van der Waals surface area (Å²) in [5.41, 5.74) is 4.55. The molecule has 1 unspecified atom stereocenters. The zero-order valence-corrected chi connectivity index (χ0v) is 21.0. The van der Waals surface area contributed by atoms with Gasteiger partial charge in [0.05, 0.1) is 12.6 Å². The third kappa shape index (κ3) is 5.94. The van der Waals surface area contributed by atoms with Crippen molar-refractivity contribution in [2.45, 2.75) is 59.6 Å². The minimum Gasteiger partial charge on any atom is -0.390 e. The van der Waals surface area contributed by atoms with E-state index in [0.717, 1.165) is 30.7 Å². The Morgan fingerprint density at radius 1 is 1.03 bits per heavy atom. The number of hydrogen-bond acceptors (Lipinski definition) is 4. The summed E-state index contributed by atoms with van der Waals surface area (Å²) in [5.74, 6) is -0.112. The third-order valence-corrected chi connectivity index (χ3v) is 6.36. The first-order valence-corrected chi connectivity index (χ1v) is 12.1. The monoisotopic (exact) mass is 452 g/mol. The van der Waals surface area contributed by atoms with Crippen LogP contribution in [0.25, 0.3) is 21.8 Å². The third-order valence-electron chi connectivity index (χ3n) is 6.36. The number of fused-ring (bicyclic) bond motifs is 3. The summed E-state index contributed by atoms with van der Waals surface area (Å²) in [6.07, 6.45) is -0.494. The van der Waals surface area contributed by atoms with Crippen molar-refractivity contribution in [2.24, 2.45) is 0 Å². The van der Waals surface area contributed by atoms with Gasteiger partial charge in [-0.25, -0.2) is 0 Å². The molecule has 3 N–H and O–H groups in total. The van der Waals surface area contributed by atoms with Crippen molar-refractivity contribution >= 4 is 33.4 Å². The maximum Gasteiger partial charge on any atom is 0.238 e. The molecule has 0 aliphatic carbocycles. The van der Waals surface area contributed by atoms with Gasteiger partial charge in [-0.1, -0.05) is 40.7 Å². The number of nitrogens with one attached hydrogen (secondary N) is 2. The van der Waals surface area contributed by atoms with Gasteiger partial charge in [0.15, 0.2) is 0 Å². The summed E-state index contributed by atoms with van der Waals surface area (Å²) >= 11 is 0. The SMILES string of the molecule is CCN(CC)CC(O)CNCC(=O)Nc1ccc2c(c1)c1cc(C(C)(C)C)ccc1n2CC. The quantitative estimate of drug-likeness (QED) is 0.428. The smallest absolute Gasteiger partial charge is 0.238 e. The number of aromatic nitrogens is 1. The number of amides is 1. The summed E-state index contributed by atoms with van der Waals surface area (Å²) in [5, 5.41) is 18.6. The number of hydrogen-bond donors (Lipinski definition) is 3. The van der Waals surface area contributed by atoms with Crippen molar-refractivity contribution in [3.05, 3.63) is 42.0 Å². The second-order valence-electron chi connectivity index (χ2n) is 9.78. The average molecular weight is 453 g/mol. The Labute approximate surface area is 198 Å². The zero-order chi connectivity index (χ0) is 24.2. The lowest BCUT2D eigenvalue weighted by Crippen LogP contribution is -2.40. The van der Waals surface area contributed by atoms with Gasteiger partial charge in [-0.15, -0.1) is 0 Å². The number of benzene rings is 2. The first kappa shape index (κ1) is 25.2. The molecule has 0 aliphatic rings. The van der Waals surface area contributed by atoms with E-state index in [4.69, 9.17) is 0 Å². The zero-order valence-electron chi connectivity index (χ0n) is 21.0. The van der Waals surface area contributed by atoms with Gasteiger partial charge in [0.1, 0.15) is 0 Å². The Bertz CT molecular complexity index is 1090. The summed E-state index contributed by atoms with van der Waals surface area (Å²) < 4.78 is 2.32. The van der Waals surface area contributed by atoms with Gasteiger partial charge in [0, 0.05) is 47.1 Å². The molecule has 0 saturated carbocycles. The summed E-state index contributed by atoms with van der Waals surface area (Å²) in [4.78, 5) is 14.7. The lowest BCUT2D eigenvalue weighted by molar-refractivity contribution is -0.115. The van der Waals surface area contributed by atoms with Gasteiger partial charge in [0.25, 0.3) is 0 Å². The van der Waals surface area contributed by atoms with Crippen LogP contribution in [0.3, 0.4) is 0 Å². The predicted molar refractivity (Wildman–Crippen MR) is 139 cm³/mol. The molecular formula is C27H40N4O2. The summed E-state index contributed by atoms with van der Waals surface area (Å²) in [6.45, 7) is 16.9. The second kappa shape index (κ2) is 10.7. The van der Waals surface area contributed by atoms with E-state index in [1.54, 1.807) is 0 Å². The minimum atomic E-state index is -0.494. The first-order chi connectivity index (χ1) is 15.7. The number of aliphatic hydroxyl groups is 1. The van der Waals surface area contributed by atoms with E-state index in [0.29, 0.717) is 13.1 Å². The van der Waals surface area contributed by atoms with E-state index in [1.165, 1.54) is 22.0 Å². The number of aryl methyl sites for hydroxylation is 1. The van der Waals surface area contributed by atoms with Crippen molar-refractivity contribution < 1.29 is 9.90 Å².